The van der Waals surface area contributed by atoms with Crippen molar-refractivity contribution in [3.05, 3.63) is 59.9 Å². The maximum absolute atomic E-state index is 11.9. The van der Waals surface area contributed by atoms with Crippen LogP contribution in [0.4, 0.5) is 14.6 Å². The number of hydrogen-bond acceptors (Lipinski definition) is 4. The molecule has 3 heterocycles. The molecule has 2 aromatic heterocycles. The summed E-state index contributed by atoms with van der Waals surface area (Å²) in [5.41, 5.74) is 6.18. The lowest BCUT2D eigenvalue weighted by Gasteiger charge is -2.15. The van der Waals surface area contributed by atoms with Crippen molar-refractivity contribution in [2.24, 2.45) is 5.73 Å². The van der Waals surface area contributed by atoms with Crippen molar-refractivity contribution < 1.29 is 13.6 Å². The number of nitrogens with zero attached hydrogens (tertiary/aromatic N) is 4. The number of primary amides is 1. The molecular formula is C17H17F2N5O. The molecular weight excluding hydrogens is 328 g/mol. The van der Waals surface area contributed by atoms with Gasteiger partial charge in [0.25, 0.3) is 5.91 Å². The van der Waals surface area contributed by atoms with E-state index in [4.69, 9.17) is 5.73 Å². The van der Waals surface area contributed by atoms with E-state index in [9.17, 15) is 13.6 Å². The number of hydrogen-bond donors (Lipinski definition) is 1. The van der Waals surface area contributed by atoms with E-state index >= 15 is 0 Å². The minimum Gasteiger partial charge on any atom is -0.365 e. The maximum atomic E-state index is 11.9. The van der Waals surface area contributed by atoms with Crippen LogP contribution in [0.2, 0.25) is 0 Å². The zero-order valence-corrected chi connectivity index (χ0v) is 13.4. The quantitative estimate of drug-likeness (QED) is 0.774. The van der Waals surface area contributed by atoms with Crippen LogP contribution in [-0.2, 0) is 0 Å². The third-order valence-corrected chi connectivity index (χ3v) is 3.85. The maximum Gasteiger partial charge on any atom is 0.254 e. The first-order valence-electron chi connectivity index (χ1n) is 7.85. The molecule has 1 aliphatic rings. The van der Waals surface area contributed by atoms with E-state index in [0.717, 1.165) is 43.2 Å². The van der Waals surface area contributed by atoms with Crippen molar-refractivity contribution >= 4 is 17.4 Å². The summed E-state index contributed by atoms with van der Waals surface area (Å²) in [6, 6.07) is 6.23. The summed E-state index contributed by atoms with van der Waals surface area (Å²) in [6.45, 7) is 2.03. The topological polar surface area (TPSA) is 76.5 Å². The van der Waals surface area contributed by atoms with Gasteiger partial charge in [0.15, 0.2) is 5.65 Å². The number of carbonyl (C=O) groups is 1. The Labute approximate surface area is 142 Å². The van der Waals surface area contributed by atoms with Gasteiger partial charge in [-0.25, -0.2) is 18.3 Å². The molecule has 1 aliphatic heterocycles. The first-order chi connectivity index (χ1) is 12.0. The Bertz CT molecular complexity index is 851. The largest absolute Gasteiger partial charge is 0.365 e. The van der Waals surface area contributed by atoms with E-state index in [1.54, 1.807) is 4.52 Å². The fourth-order valence-electron chi connectivity index (χ4n) is 2.59. The molecule has 0 bridgehead atoms. The lowest BCUT2D eigenvalue weighted by molar-refractivity contribution is 0.100. The molecule has 0 unspecified atom stereocenters. The van der Waals surface area contributed by atoms with Gasteiger partial charge in [0, 0.05) is 19.3 Å². The molecule has 2 N–H and O–H groups in total. The second-order valence-electron chi connectivity index (χ2n) is 5.61. The zero-order chi connectivity index (χ0) is 17.8. The van der Waals surface area contributed by atoms with Gasteiger partial charge in [0.2, 0.25) is 0 Å². The van der Waals surface area contributed by atoms with Gasteiger partial charge in [-0.05, 0) is 43.2 Å². The van der Waals surface area contributed by atoms with Crippen LogP contribution in [0, 0.1) is 11.6 Å². The second kappa shape index (κ2) is 7.25. The lowest BCUT2D eigenvalue weighted by atomic mass is 10.3. The molecule has 3 aromatic rings. The Morgan fingerprint density at radius 1 is 1.04 bits per heavy atom. The molecule has 1 fully saturated rings. The number of nitrogens with two attached hydrogens (primary N) is 1. The van der Waals surface area contributed by atoms with Crippen molar-refractivity contribution in [1.29, 1.82) is 0 Å². The highest BCUT2D eigenvalue weighted by Crippen LogP contribution is 2.19. The van der Waals surface area contributed by atoms with Crippen molar-refractivity contribution in [1.82, 2.24) is 14.6 Å². The number of fused-ring (bicyclic) bond motifs is 1. The van der Waals surface area contributed by atoms with Gasteiger partial charge in [-0.15, -0.1) is 0 Å². The Morgan fingerprint density at radius 3 is 2.20 bits per heavy atom. The molecule has 0 spiro atoms. The average molecular weight is 345 g/mol. The van der Waals surface area contributed by atoms with Gasteiger partial charge in [0.1, 0.15) is 23.0 Å². The number of halogens is 2. The highest BCUT2D eigenvalue weighted by molar-refractivity contribution is 5.98. The number of amides is 1. The Hall–Kier alpha value is -3.03. The average Bonchev–Trinajstić information content (AvgIpc) is 3.26. The van der Waals surface area contributed by atoms with Crippen LogP contribution in [0.1, 0.15) is 23.2 Å². The van der Waals surface area contributed by atoms with Gasteiger partial charge in [-0.3, -0.25) is 4.79 Å². The van der Waals surface area contributed by atoms with Crippen LogP contribution in [0.15, 0.2) is 42.7 Å². The number of rotatable bonds is 2. The molecule has 1 aromatic carbocycles. The molecule has 1 amide bonds. The normalized spacial score (nSPS) is 13.6. The lowest BCUT2D eigenvalue weighted by Crippen LogP contribution is -2.19. The van der Waals surface area contributed by atoms with Crippen LogP contribution in [0.5, 0.6) is 0 Å². The highest BCUT2D eigenvalue weighted by Gasteiger charge is 2.16. The van der Waals surface area contributed by atoms with Crippen LogP contribution >= 0.6 is 0 Å². The molecule has 0 saturated carbocycles. The fourth-order valence-corrected chi connectivity index (χ4v) is 2.59. The Kier molecular flexibility index (Phi) is 4.87. The zero-order valence-electron chi connectivity index (χ0n) is 13.4. The molecule has 0 aliphatic carbocycles. The van der Waals surface area contributed by atoms with Gasteiger partial charge in [0.05, 0.1) is 6.20 Å². The summed E-state index contributed by atoms with van der Waals surface area (Å²) >= 11 is 0. The molecule has 1 saturated heterocycles. The summed E-state index contributed by atoms with van der Waals surface area (Å²) in [4.78, 5) is 17.9. The van der Waals surface area contributed by atoms with E-state index in [-0.39, 0.29) is 0 Å². The summed E-state index contributed by atoms with van der Waals surface area (Å²) in [5, 5.41) is 4.04. The van der Waals surface area contributed by atoms with Crippen molar-refractivity contribution in [2.45, 2.75) is 12.8 Å². The first-order valence-corrected chi connectivity index (χ1v) is 7.85. The van der Waals surface area contributed by atoms with E-state index in [0.29, 0.717) is 11.2 Å². The number of anilines is 1. The van der Waals surface area contributed by atoms with E-state index in [1.165, 1.54) is 19.0 Å². The molecule has 130 valence electrons. The van der Waals surface area contributed by atoms with Crippen molar-refractivity contribution in [3.63, 3.8) is 0 Å². The molecule has 25 heavy (non-hydrogen) atoms. The fraction of sp³-hybridized carbons (Fsp3) is 0.235. The molecule has 0 radical (unpaired) electrons. The summed E-state index contributed by atoms with van der Waals surface area (Å²) in [6.07, 6.45) is 5.64. The first kappa shape index (κ1) is 16.8. The van der Waals surface area contributed by atoms with Gasteiger partial charge >= 0.3 is 0 Å². The van der Waals surface area contributed by atoms with E-state index in [1.807, 2.05) is 12.3 Å². The smallest absolute Gasteiger partial charge is 0.254 e. The third kappa shape index (κ3) is 3.90. The summed E-state index contributed by atoms with van der Waals surface area (Å²) in [5.74, 6) is -0.429. The standard InChI is InChI=1S/C11H13N5O.C6H4F2/c12-10(17)8-7-13-16-6-3-9(14-11(8)16)15-4-1-2-5-15;7-5-1-2-6(8)4-3-5/h3,6-7H,1-2,4-5H2,(H2,12,17);1-4H. The van der Waals surface area contributed by atoms with E-state index in [2.05, 4.69) is 15.0 Å². The minimum absolute atomic E-state index is 0.367. The van der Waals surface area contributed by atoms with Gasteiger partial charge in [-0.2, -0.15) is 5.10 Å². The summed E-state index contributed by atoms with van der Waals surface area (Å²) < 4.78 is 25.4. The number of carbonyl (C=O) groups excluding carboxylic acids is 1. The molecule has 0 atom stereocenters. The van der Waals surface area contributed by atoms with Crippen molar-refractivity contribution in [2.75, 3.05) is 18.0 Å². The second-order valence-corrected chi connectivity index (χ2v) is 5.61. The van der Waals surface area contributed by atoms with Crippen molar-refractivity contribution in [3.8, 4) is 0 Å². The van der Waals surface area contributed by atoms with Crippen LogP contribution in [-0.4, -0.2) is 33.6 Å². The van der Waals surface area contributed by atoms with Gasteiger partial charge in [-0.1, -0.05) is 0 Å². The molecule has 6 nitrogen and oxygen atoms in total. The predicted molar refractivity (Wildman–Crippen MR) is 89.3 cm³/mol. The SMILES string of the molecule is Fc1ccc(F)cc1.NC(=O)c1cnn2ccc(N3CCCC3)nc12. The Morgan fingerprint density at radius 2 is 1.64 bits per heavy atom. The van der Waals surface area contributed by atoms with Crippen LogP contribution < -0.4 is 10.6 Å². The molecule has 8 heteroatoms. The predicted octanol–water partition coefficient (Wildman–Crippen LogP) is 2.39. The number of benzene rings is 1. The van der Waals surface area contributed by atoms with Crippen LogP contribution in [0.3, 0.4) is 0 Å². The monoisotopic (exact) mass is 345 g/mol. The van der Waals surface area contributed by atoms with Crippen LogP contribution in [0.25, 0.3) is 5.65 Å². The number of aromatic nitrogens is 3. The summed E-state index contributed by atoms with van der Waals surface area (Å²) in [7, 11) is 0. The Balaban J connectivity index is 0.000000192. The minimum atomic E-state index is -0.494. The molecule has 4 rings (SSSR count). The van der Waals surface area contributed by atoms with Gasteiger partial charge < -0.3 is 10.6 Å². The third-order valence-electron chi connectivity index (χ3n) is 3.85. The highest BCUT2D eigenvalue weighted by atomic mass is 19.1. The van der Waals surface area contributed by atoms with E-state index < -0.39 is 17.5 Å².